The van der Waals surface area contributed by atoms with Gasteiger partial charge in [-0.3, -0.25) is 14.8 Å². The van der Waals surface area contributed by atoms with Gasteiger partial charge in [-0.25, -0.2) is 14.3 Å². The largest absolute Gasteiger partial charge is 0.334 e. The number of carbonyl (C=O) groups is 2. The fraction of sp³-hybridized carbons (Fsp3) is 0.120. The van der Waals surface area contributed by atoms with E-state index in [2.05, 4.69) is 0 Å². The molecule has 4 rings (SSSR count). The summed E-state index contributed by atoms with van der Waals surface area (Å²) in [6.45, 7) is 0.684. The average molecular weight is 434 g/mol. The van der Waals surface area contributed by atoms with E-state index in [9.17, 15) is 18.4 Å². The molecule has 0 spiro atoms. The van der Waals surface area contributed by atoms with Crippen molar-refractivity contribution in [3.63, 3.8) is 0 Å². The number of hydrogen-bond donors (Lipinski definition) is 2. The van der Waals surface area contributed by atoms with Gasteiger partial charge in [-0.15, -0.1) is 0 Å². The highest BCUT2D eigenvalue weighted by Crippen LogP contribution is 2.27. The van der Waals surface area contributed by atoms with E-state index in [0.29, 0.717) is 18.5 Å². The van der Waals surface area contributed by atoms with E-state index in [0.717, 1.165) is 11.1 Å². The minimum absolute atomic E-state index is 0.239. The predicted molar refractivity (Wildman–Crippen MR) is 115 cm³/mol. The molecule has 0 aromatic heterocycles. The molecule has 2 amide bonds. The SMILES string of the molecule is O=C(NO)c1ccc2c(c1)CN(C(=O)C(=Cc1ccccc1F)c1ccc(F)cc1)CC2. The third-order valence-corrected chi connectivity index (χ3v) is 5.46. The molecule has 1 heterocycles. The maximum Gasteiger partial charge on any atom is 0.274 e. The monoisotopic (exact) mass is 434 g/mol. The second-order valence-corrected chi connectivity index (χ2v) is 7.49. The van der Waals surface area contributed by atoms with Gasteiger partial charge in [0.1, 0.15) is 11.6 Å². The van der Waals surface area contributed by atoms with Crippen LogP contribution in [0.4, 0.5) is 8.78 Å². The number of hydroxylamine groups is 1. The van der Waals surface area contributed by atoms with Crippen LogP contribution >= 0.6 is 0 Å². The molecule has 0 atom stereocenters. The zero-order valence-electron chi connectivity index (χ0n) is 17.0. The van der Waals surface area contributed by atoms with Gasteiger partial charge in [0.2, 0.25) is 0 Å². The zero-order valence-corrected chi connectivity index (χ0v) is 17.0. The molecule has 1 aliphatic rings. The highest BCUT2D eigenvalue weighted by atomic mass is 19.1. The van der Waals surface area contributed by atoms with Gasteiger partial charge < -0.3 is 4.90 Å². The van der Waals surface area contributed by atoms with Crippen molar-refractivity contribution in [1.29, 1.82) is 0 Å². The Kier molecular flexibility index (Phi) is 6.09. The number of fused-ring (bicyclic) bond motifs is 1. The van der Waals surface area contributed by atoms with Crippen molar-refractivity contribution in [2.45, 2.75) is 13.0 Å². The van der Waals surface area contributed by atoms with Gasteiger partial charge in [-0.2, -0.15) is 0 Å². The summed E-state index contributed by atoms with van der Waals surface area (Å²) in [5.74, 6) is -1.87. The molecule has 3 aromatic rings. The predicted octanol–water partition coefficient (Wildman–Crippen LogP) is 4.21. The molecule has 32 heavy (non-hydrogen) atoms. The quantitative estimate of drug-likeness (QED) is 0.280. The summed E-state index contributed by atoms with van der Waals surface area (Å²) in [5, 5.41) is 8.88. The lowest BCUT2D eigenvalue weighted by Gasteiger charge is -2.30. The summed E-state index contributed by atoms with van der Waals surface area (Å²) in [5.41, 5.74) is 4.63. The maximum atomic E-state index is 14.3. The average Bonchev–Trinajstić information content (AvgIpc) is 2.82. The first-order valence-electron chi connectivity index (χ1n) is 10.0. The normalized spacial score (nSPS) is 13.5. The van der Waals surface area contributed by atoms with Gasteiger partial charge in [0.15, 0.2) is 0 Å². The third-order valence-electron chi connectivity index (χ3n) is 5.46. The van der Waals surface area contributed by atoms with E-state index >= 15 is 0 Å². The lowest BCUT2D eigenvalue weighted by molar-refractivity contribution is -0.125. The summed E-state index contributed by atoms with van der Waals surface area (Å²) in [6, 6.07) is 16.6. The molecule has 7 heteroatoms. The molecular weight excluding hydrogens is 414 g/mol. The first kappa shape index (κ1) is 21.4. The van der Waals surface area contributed by atoms with E-state index in [1.807, 2.05) is 0 Å². The first-order chi connectivity index (χ1) is 15.5. The number of nitrogens with zero attached hydrogens (tertiary/aromatic N) is 1. The number of nitrogens with one attached hydrogen (secondary N) is 1. The second kappa shape index (κ2) is 9.11. The molecule has 0 unspecified atom stereocenters. The van der Waals surface area contributed by atoms with Crippen LogP contribution in [0.15, 0.2) is 66.7 Å². The Morgan fingerprint density at radius 1 is 0.938 bits per heavy atom. The van der Waals surface area contributed by atoms with Crippen molar-refractivity contribution < 1.29 is 23.6 Å². The van der Waals surface area contributed by atoms with Crippen molar-refractivity contribution >= 4 is 23.5 Å². The topological polar surface area (TPSA) is 69.6 Å². The van der Waals surface area contributed by atoms with Crippen LogP contribution in [0.3, 0.4) is 0 Å². The summed E-state index contributed by atoms with van der Waals surface area (Å²) in [4.78, 5) is 26.9. The van der Waals surface area contributed by atoms with E-state index in [1.165, 1.54) is 36.4 Å². The van der Waals surface area contributed by atoms with Crippen molar-refractivity contribution in [2.24, 2.45) is 0 Å². The van der Waals surface area contributed by atoms with Crippen molar-refractivity contribution in [1.82, 2.24) is 10.4 Å². The molecule has 0 saturated heterocycles. The molecule has 1 aliphatic heterocycles. The van der Waals surface area contributed by atoms with Crippen molar-refractivity contribution in [2.75, 3.05) is 6.54 Å². The molecule has 2 N–H and O–H groups in total. The van der Waals surface area contributed by atoms with Gasteiger partial charge in [0.05, 0.1) is 0 Å². The second-order valence-electron chi connectivity index (χ2n) is 7.49. The van der Waals surface area contributed by atoms with Gasteiger partial charge in [0, 0.05) is 29.8 Å². The minimum atomic E-state index is -0.636. The van der Waals surface area contributed by atoms with Crippen LogP contribution in [-0.4, -0.2) is 28.5 Å². The van der Waals surface area contributed by atoms with Crippen LogP contribution in [0.5, 0.6) is 0 Å². The maximum absolute atomic E-state index is 14.3. The Labute approximate surface area is 183 Å². The van der Waals surface area contributed by atoms with Crippen LogP contribution in [0.25, 0.3) is 11.6 Å². The lowest BCUT2D eigenvalue weighted by atomic mass is 9.95. The molecule has 0 radical (unpaired) electrons. The molecule has 0 fully saturated rings. The Balaban J connectivity index is 1.70. The van der Waals surface area contributed by atoms with E-state index in [-0.39, 0.29) is 29.2 Å². The number of rotatable bonds is 4. The number of amides is 2. The standard InChI is InChI=1S/C25H20F2N2O3/c26-21-9-7-17(8-10-21)22(14-18-3-1-2-4-23(18)27)25(31)29-12-11-16-5-6-19(24(30)28-32)13-20(16)15-29/h1-10,13-14,32H,11-12,15H2,(H,28,30). The van der Waals surface area contributed by atoms with E-state index in [4.69, 9.17) is 5.21 Å². The van der Waals surface area contributed by atoms with Crippen LogP contribution in [-0.2, 0) is 17.8 Å². The zero-order chi connectivity index (χ0) is 22.7. The number of carbonyl (C=O) groups excluding carboxylic acids is 2. The van der Waals surface area contributed by atoms with Gasteiger partial charge in [-0.05, 0) is 59.5 Å². The number of hydrogen-bond acceptors (Lipinski definition) is 3. The van der Waals surface area contributed by atoms with Gasteiger partial charge in [0.25, 0.3) is 11.8 Å². The van der Waals surface area contributed by atoms with Crippen LogP contribution in [0.1, 0.15) is 32.6 Å². The molecule has 5 nitrogen and oxygen atoms in total. The summed E-state index contributed by atoms with van der Waals surface area (Å²) >= 11 is 0. The highest BCUT2D eigenvalue weighted by molar-refractivity contribution is 6.24. The lowest BCUT2D eigenvalue weighted by Crippen LogP contribution is -2.36. The molecular formula is C25H20F2N2O3. The van der Waals surface area contributed by atoms with Crippen LogP contribution in [0, 0.1) is 11.6 Å². The Morgan fingerprint density at radius 2 is 1.66 bits per heavy atom. The molecule has 0 aliphatic carbocycles. The fourth-order valence-corrected chi connectivity index (χ4v) is 3.75. The molecule has 0 bridgehead atoms. The molecule has 3 aromatic carbocycles. The van der Waals surface area contributed by atoms with Crippen molar-refractivity contribution in [3.05, 3.63) is 106 Å². The van der Waals surface area contributed by atoms with Crippen molar-refractivity contribution in [3.8, 4) is 0 Å². The Hall–Kier alpha value is -3.84. The Bertz CT molecular complexity index is 1210. The van der Waals surface area contributed by atoms with Crippen LogP contribution < -0.4 is 5.48 Å². The first-order valence-corrected chi connectivity index (χ1v) is 10.0. The van der Waals surface area contributed by atoms with Gasteiger partial charge >= 0.3 is 0 Å². The summed E-state index contributed by atoms with van der Waals surface area (Å²) < 4.78 is 27.8. The molecule has 0 saturated carbocycles. The van der Waals surface area contributed by atoms with Gasteiger partial charge in [-0.1, -0.05) is 36.4 Å². The highest BCUT2D eigenvalue weighted by Gasteiger charge is 2.25. The number of benzene rings is 3. The molecule has 162 valence electrons. The Morgan fingerprint density at radius 3 is 2.38 bits per heavy atom. The van der Waals surface area contributed by atoms with E-state index in [1.54, 1.807) is 46.8 Å². The fourth-order valence-electron chi connectivity index (χ4n) is 3.75. The minimum Gasteiger partial charge on any atom is -0.334 e. The smallest absolute Gasteiger partial charge is 0.274 e. The summed E-state index contributed by atoms with van der Waals surface area (Å²) in [6.07, 6.45) is 2.05. The number of halogens is 2. The summed E-state index contributed by atoms with van der Waals surface area (Å²) in [7, 11) is 0. The third kappa shape index (κ3) is 4.43. The van der Waals surface area contributed by atoms with Crippen LogP contribution in [0.2, 0.25) is 0 Å². The van der Waals surface area contributed by atoms with E-state index < -0.39 is 17.5 Å².